The first-order chi connectivity index (χ1) is 35.4. The molecule has 0 aromatic heterocycles. The Hall–Kier alpha value is -2.05. The Balaban J connectivity index is 0.939. The van der Waals surface area contributed by atoms with Crippen LogP contribution in [-0.4, -0.2) is 233 Å². The van der Waals surface area contributed by atoms with Gasteiger partial charge in [-0.3, -0.25) is 14.6 Å². The van der Waals surface area contributed by atoms with E-state index >= 15 is 0 Å². The van der Waals surface area contributed by atoms with Crippen LogP contribution in [0.25, 0.3) is 0 Å². The molecule has 8 aliphatic rings. The normalized spacial score (nSPS) is 50.7. The monoisotopic (exact) mass is 1070 g/mol. The summed E-state index contributed by atoms with van der Waals surface area (Å²) in [4.78, 5) is 33.4. The number of carbonyl (C=O) groups excluding carboxylic acids is 2. The average molecular weight is 1070 g/mol. The standard InChI is InChI=1S/C52H83NO22/c1-7-53-52(18-26(56)10-8-22(2)21-68-46-40(64)39(63)36(60)31(19-54)72-46)33(57)17-30-28-11-9-25-16-27(12-14-50(25,5)29(28)13-15-51(30,52)6)71-49-45(75-48-42(66)38(62)35(59)24(4)70-48)43(67)44(32(20-55)73-49)74-47-41(65)37(61)34(58)23(3)69-47/h7,9,22-24,27-32,34-49,54-55,58-67H,8,10-21H2,1-6H3. The molecule has 28 atom stereocenters. The molecule has 0 spiro atoms. The fourth-order valence-electron chi connectivity index (χ4n) is 14.0. The number of ketones is 2. The van der Waals surface area contributed by atoms with Crippen molar-refractivity contribution in [3.63, 3.8) is 0 Å². The Kier molecular flexibility index (Phi) is 18.6. The maximum Gasteiger partial charge on any atom is 0.187 e. The summed E-state index contributed by atoms with van der Waals surface area (Å²) in [6.45, 7) is 9.68. The number of aliphatic hydroxyl groups excluding tert-OH is 12. The molecule has 4 saturated heterocycles. The summed E-state index contributed by atoms with van der Waals surface area (Å²) in [5.41, 5.74) is -0.960. The Morgan fingerprint density at radius 3 is 1.91 bits per heavy atom. The van der Waals surface area contributed by atoms with Crippen molar-refractivity contribution >= 4 is 17.8 Å². The lowest BCUT2D eigenvalue weighted by Gasteiger charge is -2.59. The van der Waals surface area contributed by atoms with Crippen molar-refractivity contribution in [2.24, 2.45) is 39.5 Å². The largest absolute Gasteiger partial charge is 0.394 e. The molecule has 4 aliphatic heterocycles. The molecular formula is C52H83NO22. The zero-order chi connectivity index (χ0) is 54.6. The zero-order valence-corrected chi connectivity index (χ0v) is 43.7. The van der Waals surface area contributed by atoms with Gasteiger partial charge in [-0.2, -0.15) is 0 Å². The SMILES string of the molecule is CC=NC1(CC(=O)CCC(C)COC2OC(CO)C(O)C(O)C2O)C(=O)CC2C3CC=C4CC(OC5OC(CO)C(OC6OC(C)C(O)C(O)C6O)C(O)C5OC5OC(C)C(O)C(O)C5O)CCC4(C)C3CCC21C. The molecule has 0 bridgehead atoms. The van der Waals surface area contributed by atoms with Crippen LogP contribution in [0.15, 0.2) is 16.6 Å². The first kappa shape index (κ1) is 59.1. The number of hydrogen-bond donors (Lipinski definition) is 12. The molecule has 23 heteroatoms. The number of Topliss-reactive ketones (excluding diaryl/α,β-unsaturated/α-hetero) is 2. The quantitative estimate of drug-likeness (QED) is 0.0556. The molecule has 0 amide bonds. The van der Waals surface area contributed by atoms with E-state index in [1.807, 2.05) is 6.92 Å². The van der Waals surface area contributed by atoms with Crippen molar-refractivity contribution in [2.75, 3.05) is 19.8 Å². The lowest BCUT2D eigenvalue weighted by atomic mass is 9.46. The summed E-state index contributed by atoms with van der Waals surface area (Å²) in [6.07, 6.45) is -21.5. The van der Waals surface area contributed by atoms with Crippen LogP contribution in [0.3, 0.4) is 0 Å². The van der Waals surface area contributed by atoms with Gasteiger partial charge in [0, 0.05) is 24.7 Å². The van der Waals surface area contributed by atoms with Gasteiger partial charge in [-0.05, 0) is 101 Å². The Morgan fingerprint density at radius 1 is 0.707 bits per heavy atom. The number of carbonyl (C=O) groups is 2. The number of allylic oxidation sites excluding steroid dienone is 1. The van der Waals surface area contributed by atoms with Crippen LogP contribution in [0, 0.1) is 34.5 Å². The van der Waals surface area contributed by atoms with Crippen molar-refractivity contribution < 1.29 is 109 Å². The minimum Gasteiger partial charge on any atom is -0.394 e. The van der Waals surface area contributed by atoms with Gasteiger partial charge in [-0.1, -0.05) is 32.4 Å². The second kappa shape index (κ2) is 23.6. The highest BCUT2D eigenvalue weighted by Gasteiger charge is 2.68. The van der Waals surface area contributed by atoms with Crippen LogP contribution in [0.1, 0.15) is 106 Å². The van der Waals surface area contributed by atoms with E-state index in [0.717, 1.165) is 12.0 Å². The number of rotatable bonds is 17. The first-order valence-corrected chi connectivity index (χ1v) is 26.9. The van der Waals surface area contributed by atoms with Gasteiger partial charge in [0.25, 0.3) is 0 Å². The van der Waals surface area contributed by atoms with E-state index in [0.29, 0.717) is 38.5 Å². The number of hydrogen-bond acceptors (Lipinski definition) is 23. The van der Waals surface area contributed by atoms with Gasteiger partial charge in [0.15, 0.2) is 30.9 Å². The lowest BCUT2D eigenvalue weighted by molar-refractivity contribution is -0.388. The maximum absolute atomic E-state index is 14.5. The van der Waals surface area contributed by atoms with Gasteiger partial charge in [0.1, 0.15) is 96.8 Å². The zero-order valence-electron chi connectivity index (χ0n) is 43.7. The third-order valence-corrected chi connectivity index (χ3v) is 18.7. The highest BCUT2D eigenvalue weighted by Crippen LogP contribution is 2.68. The number of ether oxygens (including phenoxy) is 8. The molecule has 4 heterocycles. The molecule has 7 fully saturated rings. The summed E-state index contributed by atoms with van der Waals surface area (Å²) in [7, 11) is 0. The molecular weight excluding hydrogens is 991 g/mol. The van der Waals surface area contributed by atoms with Crippen molar-refractivity contribution in [3.05, 3.63) is 11.6 Å². The molecule has 28 unspecified atom stereocenters. The molecule has 4 aliphatic carbocycles. The fourth-order valence-corrected chi connectivity index (χ4v) is 14.0. The van der Waals surface area contributed by atoms with Gasteiger partial charge in [-0.25, -0.2) is 0 Å². The van der Waals surface area contributed by atoms with E-state index in [1.165, 1.54) is 13.8 Å². The van der Waals surface area contributed by atoms with Crippen LogP contribution >= 0.6 is 0 Å². The maximum atomic E-state index is 14.5. The molecule has 0 aromatic carbocycles. The van der Waals surface area contributed by atoms with Gasteiger partial charge in [0.2, 0.25) is 0 Å². The molecule has 75 heavy (non-hydrogen) atoms. The van der Waals surface area contributed by atoms with E-state index in [-0.39, 0.29) is 66.5 Å². The van der Waals surface area contributed by atoms with Crippen molar-refractivity contribution in [3.8, 4) is 0 Å². The van der Waals surface area contributed by atoms with Gasteiger partial charge in [-0.15, -0.1) is 0 Å². The fraction of sp³-hybridized carbons (Fsp3) is 0.904. The van der Waals surface area contributed by atoms with Crippen molar-refractivity contribution in [2.45, 2.75) is 240 Å². The van der Waals surface area contributed by atoms with E-state index < -0.39 is 153 Å². The molecule has 8 rings (SSSR count). The smallest absolute Gasteiger partial charge is 0.187 e. The predicted octanol–water partition coefficient (Wildman–Crippen LogP) is -1.96. The lowest BCUT2D eigenvalue weighted by Crippen LogP contribution is -2.66. The summed E-state index contributed by atoms with van der Waals surface area (Å²) < 4.78 is 47.7. The summed E-state index contributed by atoms with van der Waals surface area (Å²) in [6, 6.07) is 0. The first-order valence-electron chi connectivity index (χ1n) is 26.9. The highest BCUT2D eigenvalue weighted by atomic mass is 16.8. The summed E-state index contributed by atoms with van der Waals surface area (Å²) in [5, 5.41) is 126. The van der Waals surface area contributed by atoms with Crippen LogP contribution in [0.4, 0.5) is 0 Å². The van der Waals surface area contributed by atoms with Crippen LogP contribution in [-0.2, 0) is 47.5 Å². The predicted molar refractivity (Wildman–Crippen MR) is 258 cm³/mol. The number of fused-ring (bicyclic) bond motifs is 5. The van der Waals surface area contributed by atoms with Crippen molar-refractivity contribution in [1.29, 1.82) is 0 Å². The molecule has 0 aromatic rings. The molecule has 12 N–H and O–H groups in total. The van der Waals surface area contributed by atoms with E-state index in [1.54, 1.807) is 13.1 Å². The second-order valence-electron chi connectivity index (χ2n) is 23.3. The molecule has 3 saturated carbocycles. The van der Waals surface area contributed by atoms with Gasteiger partial charge in [0.05, 0.1) is 38.1 Å². The minimum absolute atomic E-state index is 0.0406. The van der Waals surface area contributed by atoms with Crippen LogP contribution in [0.5, 0.6) is 0 Å². The Morgan fingerprint density at radius 2 is 1.29 bits per heavy atom. The second-order valence-corrected chi connectivity index (χ2v) is 23.3. The van der Waals surface area contributed by atoms with Crippen LogP contribution in [0.2, 0.25) is 0 Å². The molecule has 428 valence electrons. The average Bonchev–Trinajstić information content (AvgIpc) is 3.60. The van der Waals surface area contributed by atoms with E-state index in [4.69, 9.17) is 42.9 Å². The molecule has 23 nitrogen and oxygen atoms in total. The topological polar surface area (TPSA) is 363 Å². The van der Waals surface area contributed by atoms with E-state index in [9.17, 15) is 70.9 Å². The highest BCUT2D eigenvalue weighted by molar-refractivity contribution is 5.98. The number of aliphatic imine (C=N–C) groups is 1. The van der Waals surface area contributed by atoms with Gasteiger partial charge >= 0.3 is 0 Å². The third-order valence-electron chi connectivity index (χ3n) is 18.7. The molecule has 0 radical (unpaired) electrons. The number of aliphatic hydroxyl groups is 12. The summed E-state index contributed by atoms with van der Waals surface area (Å²) >= 11 is 0. The minimum atomic E-state index is -1.78. The third kappa shape index (κ3) is 11.0. The van der Waals surface area contributed by atoms with Gasteiger partial charge < -0.3 is 99.2 Å². The Bertz CT molecular complexity index is 2030. The van der Waals surface area contributed by atoms with E-state index in [2.05, 4.69) is 19.9 Å². The number of nitrogens with zero attached hydrogens (tertiary/aromatic N) is 1. The van der Waals surface area contributed by atoms with Crippen molar-refractivity contribution in [1.82, 2.24) is 0 Å². The summed E-state index contributed by atoms with van der Waals surface area (Å²) in [5.74, 6) is -0.0725. The Labute approximate surface area is 436 Å². The van der Waals surface area contributed by atoms with Crippen LogP contribution < -0.4 is 0 Å².